The van der Waals surface area contributed by atoms with E-state index in [1.807, 2.05) is 18.8 Å². The van der Waals surface area contributed by atoms with Crippen molar-refractivity contribution in [2.45, 2.75) is 26.2 Å². The van der Waals surface area contributed by atoms with Crippen molar-refractivity contribution in [1.29, 1.82) is 0 Å². The number of rotatable bonds is 9. The van der Waals surface area contributed by atoms with Gasteiger partial charge in [-0.2, -0.15) is 11.8 Å². The normalized spacial score (nSPS) is 10.9. The van der Waals surface area contributed by atoms with Crippen molar-refractivity contribution in [2.75, 3.05) is 39.3 Å². The van der Waals surface area contributed by atoms with Crippen LogP contribution in [0.15, 0.2) is 23.2 Å². The van der Waals surface area contributed by atoms with E-state index in [0.717, 1.165) is 31.2 Å². The predicted molar refractivity (Wildman–Crippen MR) is 114 cm³/mol. The highest BCUT2D eigenvalue weighted by atomic mass is 127. The maximum absolute atomic E-state index is 5.36. The number of unbranched alkanes of at least 4 members (excludes halogenated alkanes) is 1. The number of hydrogen-bond donors (Lipinski definition) is 2. The number of methoxy groups -OCH3 is 1. The van der Waals surface area contributed by atoms with Gasteiger partial charge in [-0.1, -0.05) is 12.1 Å². The summed E-state index contributed by atoms with van der Waals surface area (Å²) in [7, 11) is 3.53. The van der Waals surface area contributed by atoms with Crippen molar-refractivity contribution < 1.29 is 4.74 Å². The first-order valence-corrected chi connectivity index (χ1v) is 9.17. The van der Waals surface area contributed by atoms with Crippen molar-refractivity contribution in [3.63, 3.8) is 0 Å². The second-order valence-electron chi connectivity index (χ2n) is 5.18. The van der Waals surface area contributed by atoms with Gasteiger partial charge in [-0.3, -0.25) is 4.99 Å². The van der Waals surface area contributed by atoms with Gasteiger partial charge in [0.2, 0.25) is 0 Å². The molecule has 1 aromatic rings. The minimum absolute atomic E-state index is 0. The highest BCUT2D eigenvalue weighted by Crippen LogP contribution is 2.18. The molecule has 132 valence electrons. The van der Waals surface area contributed by atoms with Crippen molar-refractivity contribution in [3.8, 4) is 5.75 Å². The number of aryl methyl sites for hydroxylation is 1. The number of halogens is 1. The summed E-state index contributed by atoms with van der Waals surface area (Å²) in [5.41, 5.74) is 2.44. The number of aliphatic imine (C=N–C) groups is 1. The third kappa shape index (κ3) is 9.30. The average Bonchev–Trinajstić information content (AvgIpc) is 2.54. The van der Waals surface area contributed by atoms with E-state index in [1.165, 1.54) is 29.7 Å². The second kappa shape index (κ2) is 13.8. The summed E-state index contributed by atoms with van der Waals surface area (Å²) in [6, 6.07) is 6.36. The Hall–Kier alpha value is -0.630. The first-order valence-electron chi connectivity index (χ1n) is 7.78. The van der Waals surface area contributed by atoms with Crippen molar-refractivity contribution >= 4 is 41.7 Å². The van der Waals surface area contributed by atoms with Gasteiger partial charge >= 0.3 is 0 Å². The molecule has 0 aliphatic carbocycles. The highest BCUT2D eigenvalue weighted by Gasteiger charge is 2.01. The van der Waals surface area contributed by atoms with E-state index in [4.69, 9.17) is 4.74 Å². The number of hydrogen-bond acceptors (Lipinski definition) is 3. The van der Waals surface area contributed by atoms with Gasteiger partial charge in [0.1, 0.15) is 5.75 Å². The van der Waals surface area contributed by atoms with Crippen LogP contribution in [0.2, 0.25) is 0 Å². The van der Waals surface area contributed by atoms with Crippen LogP contribution in [0.4, 0.5) is 0 Å². The van der Waals surface area contributed by atoms with Crippen LogP contribution in [0.1, 0.15) is 24.0 Å². The van der Waals surface area contributed by atoms with Crippen molar-refractivity contribution in [2.24, 2.45) is 4.99 Å². The topological polar surface area (TPSA) is 45.7 Å². The second-order valence-corrected chi connectivity index (χ2v) is 6.17. The molecular weight excluding hydrogens is 421 g/mol. The van der Waals surface area contributed by atoms with Gasteiger partial charge < -0.3 is 15.4 Å². The summed E-state index contributed by atoms with van der Waals surface area (Å²) in [5.74, 6) is 3.06. The van der Waals surface area contributed by atoms with Gasteiger partial charge in [0.25, 0.3) is 0 Å². The molecule has 0 radical (unpaired) electrons. The fourth-order valence-electron chi connectivity index (χ4n) is 2.14. The molecule has 0 amide bonds. The molecule has 23 heavy (non-hydrogen) atoms. The van der Waals surface area contributed by atoms with Gasteiger partial charge in [0, 0.05) is 20.1 Å². The van der Waals surface area contributed by atoms with Crippen LogP contribution < -0.4 is 15.4 Å². The molecule has 0 heterocycles. The van der Waals surface area contributed by atoms with Crippen LogP contribution in [0.5, 0.6) is 5.75 Å². The predicted octanol–water partition coefficient (Wildman–Crippen LogP) is 3.47. The fraction of sp³-hybridized carbons (Fsp3) is 0.588. The number of nitrogens with zero attached hydrogens (tertiary/aromatic N) is 1. The molecule has 0 aromatic heterocycles. The molecule has 0 fully saturated rings. The molecule has 0 spiro atoms. The van der Waals surface area contributed by atoms with Crippen LogP contribution in [-0.4, -0.2) is 45.2 Å². The number of ether oxygens (including phenoxy) is 1. The quantitative estimate of drug-likeness (QED) is 0.261. The van der Waals surface area contributed by atoms with E-state index in [9.17, 15) is 0 Å². The molecular formula is C17H30IN3OS. The lowest BCUT2D eigenvalue weighted by Crippen LogP contribution is -2.38. The third-order valence-electron chi connectivity index (χ3n) is 3.47. The summed E-state index contributed by atoms with van der Waals surface area (Å²) in [6.07, 6.45) is 5.52. The molecule has 1 aromatic carbocycles. The average molecular weight is 451 g/mol. The van der Waals surface area contributed by atoms with E-state index >= 15 is 0 Å². The Kier molecular flexibility index (Phi) is 13.4. The zero-order valence-electron chi connectivity index (χ0n) is 14.6. The first-order chi connectivity index (χ1) is 10.7. The molecule has 0 saturated heterocycles. The lowest BCUT2D eigenvalue weighted by molar-refractivity contribution is 0.411. The molecule has 0 aliphatic heterocycles. The number of guanidine groups is 1. The molecule has 0 saturated carbocycles. The summed E-state index contributed by atoms with van der Waals surface area (Å²) in [5, 5.41) is 6.70. The molecule has 1 rings (SSSR count). The number of thioether (sulfide) groups is 1. The monoisotopic (exact) mass is 451 g/mol. The molecule has 0 atom stereocenters. The van der Waals surface area contributed by atoms with Gasteiger partial charge in [0.15, 0.2) is 5.96 Å². The molecule has 2 N–H and O–H groups in total. The van der Waals surface area contributed by atoms with Gasteiger partial charge in [-0.15, -0.1) is 24.0 Å². The summed E-state index contributed by atoms with van der Waals surface area (Å²) in [4.78, 5) is 4.25. The Morgan fingerprint density at radius 1 is 1.22 bits per heavy atom. The van der Waals surface area contributed by atoms with Gasteiger partial charge in [-0.25, -0.2) is 0 Å². The zero-order chi connectivity index (χ0) is 16.2. The standard InChI is InChI=1S/C17H29N3OS.HI/c1-14-7-8-15(13-16(14)21-3)9-11-20-17(18-2)19-10-5-6-12-22-4;/h7-8,13H,5-6,9-12H2,1-4H3,(H2,18,19,20);1H. The van der Waals surface area contributed by atoms with E-state index in [-0.39, 0.29) is 24.0 Å². The van der Waals surface area contributed by atoms with E-state index in [0.29, 0.717) is 0 Å². The van der Waals surface area contributed by atoms with Crippen molar-refractivity contribution in [3.05, 3.63) is 29.3 Å². The zero-order valence-corrected chi connectivity index (χ0v) is 17.8. The van der Waals surface area contributed by atoms with Crippen molar-refractivity contribution in [1.82, 2.24) is 10.6 Å². The number of benzene rings is 1. The highest BCUT2D eigenvalue weighted by molar-refractivity contribution is 14.0. The Morgan fingerprint density at radius 2 is 1.96 bits per heavy atom. The Bertz CT molecular complexity index is 469. The van der Waals surface area contributed by atoms with E-state index in [1.54, 1.807) is 7.11 Å². The number of nitrogens with one attached hydrogen (secondary N) is 2. The lowest BCUT2D eigenvalue weighted by Gasteiger charge is -2.12. The smallest absolute Gasteiger partial charge is 0.190 e. The maximum Gasteiger partial charge on any atom is 0.190 e. The minimum Gasteiger partial charge on any atom is -0.496 e. The Balaban J connectivity index is 0.00000484. The molecule has 6 heteroatoms. The van der Waals surface area contributed by atoms with Crippen LogP contribution >= 0.6 is 35.7 Å². The molecule has 0 unspecified atom stereocenters. The summed E-state index contributed by atoms with van der Waals surface area (Å²) in [6.45, 7) is 3.89. The largest absolute Gasteiger partial charge is 0.496 e. The first kappa shape index (κ1) is 22.4. The third-order valence-corrected chi connectivity index (χ3v) is 4.17. The maximum atomic E-state index is 5.36. The molecule has 4 nitrogen and oxygen atoms in total. The van der Waals surface area contributed by atoms with Gasteiger partial charge in [-0.05, 0) is 55.4 Å². The van der Waals surface area contributed by atoms with Gasteiger partial charge in [0.05, 0.1) is 7.11 Å². The lowest BCUT2D eigenvalue weighted by atomic mass is 10.1. The molecule has 0 bridgehead atoms. The van der Waals surface area contributed by atoms with E-state index in [2.05, 4.69) is 47.0 Å². The van der Waals surface area contributed by atoms with Crippen LogP contribution in [0, 0.1) is 6.92 Å². The SMILES string of the molecule is CN=C(NCCCCSC)NCCc1ccc(C)c(OC)c1.I. The van der Waals surface area contributed by atoms with Crippen LogP contribution in [0.3, 0.4) is 0 Å². The van der Waals surface area contributed by atoms with Crippen LogP contribution in [-0.2, 0) is 6.42 Å². The summed E-state index contributed by atoms with van der Waals surface area (Å²) >= 11 is 1.90. The molecule has 0 aliphatic rings. The minimum atomic E-state index is 0. The van der Waals surface area contributed by atoms with E-state index < -0.39 is 0 Å². The Morgan fingerprint density at radius 3 is 2.61 bits per heavy atom. The Labute approximate surface area is 162 Å². The fourth-order valence-corrected chi connectivity index (χ4v) is 2.64. The summed E-state index contributed by atoms with van der Waals surface area (Å²) < 4.78 is 5.36. The van der Waals surface area contributed by atoms with Crippen LogP contribution in [0.25, 0.3) is 0 Å².